The molecule has 22 heavy (non-hydrogen) atoms. The molecule has 0 aliphatic heterocycles. The molecule has 1 aromatic heterocycles. The first-order chi connectivity index (χ1) is 10.7. The van der Waals surface area contributed by atoms with Gasteiger partial charge in [-0.15, -0.1) is 0 Å². The van der Waals surface area contributed by atoms with Crippen molar-refractivity contribution in [2.45, 2.75) is 19.9 Å². The van der Waals surface area contributed by atoms with Crippen LogP contribution in [0.1, 0.15) is 24.2 Å². The lowest BCUT2D eigenvalue weighted by atomic mass is 10.2. The van der Waals surface area contributed by atoms with Gasteiger partial charge in [-0.25, -0.2) is 0 Å². The van der Waals surface area contributed by atoms with E-state index >= 15 is 0 Å². The Labute approximate surface area is 130 Å². The van der Waals surface area contributed by atoms with Gasteiger partial charge in [0.15, 0.2) is 0 Å². The molecule has 5 nitrogen and oxygen atoms in total. The smallest absolute Gasteiger partial charge is 0.251 e. The lowest BCUT2D eigenvalue weighted by Gasteiger charge is -2.13. The van der Waals surface area contributed by atoms with E-state index in [0.29, 0.717) is 23.6 Å². The largest absolute Gasteiger partial charge is 0.456 e. The average molecular weight is 299 g/mol. The molecule has 0 unspecified atom stereocenters. The third-order valence-electron chi connectivity index (χ3n) is 3.11. The minimum absolute atomic E-state index is 0.0855. The molecule has 5 heteroatoms. The zero-order valence-electron chi connectivity index (χ0n) is 12.9. The molecule has 0 saturated heterocycles. The van der Waals surface area contributed by atoms with Crippen molar-refractivity contribution >= 4 is 5.91 Å². The standard InChI is InChI=1S/C17H21N3O2/c1-3-19-13(2)11-20-17(21)14-6-8-15(9-7-14)22-16-5-4-10-18-12-16/h4-10,12-13,19H,3,11H2,1-2H3,(H,20,21)/t13-/m1/s1. The number of rotatable bonds is 7. The SMILES string of the molecule is CCN[C@H](C)CNC(=O)c1ccc(Oc2cccnc2)cc1. The van der Waals surface area contributed by atoms with Crippen molar-refractivity contribution in [1.29, 1.82) is 0 Å². The van der Waals surface area contributed by atoms with E-state index < -0.39 is 0 Å². The van der Waals surface area contributed by atoms with Gasteiger partial charge in [-0.05, 0) is 49.9 Å². The van der Waals surface area contributed by atoms with Crippen molar-refractivity contribution in [3.05, 3.63) is 54.4 Å². The van der Waals surface area contributed by atoms with E-state index in [4.69, 9.17) is 4.74 Å². The Kier molecular flexibility index (Phi) is 5.91. The number of pyridine rings is 1. The van der Waals surface area contributed by atoms with Crippen LogP contribution in [0.3, 0.4) is 0 Å². The molecule has 0 radical (unpaired) electrons. The maximum Gasteiger partial charge on any atom is 0.251 e. The van der Waals surface area contributed by atoms with Gasteiger partial charge in [-0.3, -0.25) is 9.78 Å². The van der Waals surface area contributed by atoms with Crippen molar-refractivity contribution in [3.63, 3.8) is 0 Å². The second kappa shape index (κ2) is 8.14. The summed E-state index contributed by atoms with van der Waals surface area (Å²) in [6, 6.07) is 10.9. The monoisotopic (exact) mass is 299 g/mol. The number of hydrogen-bond donors (Lipinski definition) is 2. The summed E-state index contributed by atoms with van der Waals surface area (Å²) in [4.78, 5) is 16.0. The van der Waals surface area contributed by atoms with Crippen LogP contribution < -0.4 is 15.4 Å². The maximum absolute atomic E-state index is 12.0. The van der Waals surface area contributed by atoms with Crippen LogP contribution in [0, 0.1) is 0 Å². The van der Waals surface area contributed by atoms with Crippen LogP contribution in [0.15, 0.2) is 48.8 Å². The summed E-state index contributed by atoms with van der Waals surface area (Å²) < 4.78 is 5.64. The number of carbonyl (C=O) groups is 1. The van der Waals surface area contributed by atoms with Gasteiger partial charge in [0.05, 0.1) is 6.20 Å². The molecule has 2 aromatic rings. The molecule has 116 valence electrons. The molecular formula is C17H21N3O2. The number of benzene rings is 1. The second-order valence-electron chi connectivity index (χ2n) is 4.98. The van der Waals surface area contributed by atoms with Crippen molar-refractivity contribution in [1.82, 2.24) is 15.6 Å². The van der Waals surface area contributed by atoms with Gasteiger partial charge in [-0.1, -0.05) is 6.92 Å². The normalized spacial score (nSPS) is 11.7. The van der Waals surface area contributed by atoms with Gasteiger partial charge in [0, 0.05) is 24.3 Å². The van der Waals surface area contributed by atoms with E-state index in [1.54, 1.807) is 36.7 Å². The van der Waals surface area contributed by atoms with Crippen LogP contribution >= 0.6 is 0 Å². The van der Waals surface area contributed by atoms with E-state index in [9.17, 15) is 4.79 Å². The van der Waals surface area contributed by atoms with Gasteiger partial charge >= 0.3 is 0 Å². The molecule has 0 fully saturated rings. The number of aromatic nitrogens is 1. The summed E-state index contributed by atoms with van der Waals surface area (Å²) in [5.41, 5.74) is 0.613. The fourth-order valence-corrected chi connectivity index (χ4v) is 1.99. The molecule has 1 aromatic carbocycles. The lowest BCUT2D eigenvalue weighted by molar-refractivity contribution is 0.0950. The van der Waals surface area contributed by atoms with Gasteiger partial charge in [0.1, 0.15) is 11.5 Å². The molecule has 0 aliphatic carbocycles. The van der Waals surface area contributed by atoms with Crippen LogP contribution in [-0.4, -0.2) is 30.0 Å². The summed E-state index contributed by atoms with van der Waals surface area (Å²) in [5, 5.41) is 6.15. The topological polar surface area (TPSA) is 63.2 Å². The van der Waals surface area contributed by atoms with E-state index in [1.807, 2.05) is 26.0 Å². The van der Waals surface area contributed by atoms with Crippen molar-refractivity contribution in [3.8, 4) is 11.5 Å². The number of nitrogens with one attached hydrogen (secondary N) is 2. The number of amides is 1. The Morgan fingerprint density at radius 2 is 2.00 bits per heavy atom. The van der Waals surface area contributed by atoms with Crippen LogP contribution in [0.4, 0.5) is 0 Å². The minimum atomic E-state index is -0.0855. The van der Waals surface area contributed by atoms with Crippen LogP contribution in [0.2, 0.25) is 0 Å². The zero-order valence-corrected chi connectivity index (χ0v) is 12.9. The zero-order chi connectivity index (χ0) is 15.8. The third-order valence-corrected chi connectivity index (χ3v) is 3.11. The van der Waals surface area contributed by atoms with Crippen molar-refractivity contribution in [2.24, 2.45) is 0 Å². The number of ether oxygens (including phenoxy) is 1. The van der Waals surface area contributed by atoms with Crippen LogP contribution in [-0.2, 0) is 0 Å². The molecule has 2 rings (SSSR count). The highest BCUT2D eigenvalue weighted by molar-refractivity contribution is 5.94. The Bertz CT molecular complexity index is 585. The van der Waals surface area contributed by atoms with Crippen molar-refractivity contribution in [2.75, 3.05) is 13.1 Å². The van der Waals surface area contributed by atoms with E-state index in [2.05, 4.69) is 15.6 Å². The van der Waals surface area contributed by atoms with E-state index in [0.717, 1.165) is 6.54 Å². The van der Waals surface area contributed by atoms with Gasteiger partial charge in [-0.2, -0.15) is 0 Å². The maximum atomic E-state index is 12.0. The highest BCUT2D eigenvalue weighted by Gasteiger charge is 2.07. The molecule has 1 atom stereocenters. The minimum Gasteiger partial charge on any atom is -0.456 e. The molecule has 1 heterocycles. The molecule has 2 N–H and O–H groups in total. The van der Waals surface area contributed by atoms with E-state index in [-0.39, 0.29) is 11.9 Å². The highest BCUT2D eigenvalue weighted by atomic mass is 16.5. The molecule has 1 amide bonds. The Morgan fingerprint density at radius 3 is 2.64 bits per heavy atom. The van der Waals surface area contributed by atoms with Gasteiger partial charge in [0.2, 0.25) is 0 Å². The average Bonchev–Trinajstić information content (AvgIpc) is 2.54. The molecule has 0 spiro atoms. The summed E-state index contributed by atoms with van der Waals surface area (Å²) in [7, 11) is 0. The third kappa shape index (κ3) is 4.86. The van der Waals surface area contributed by atoms with E-state index in [1.165, 1.54) is 0 Å². The van der Waals surface area contributed by atoms with Crippen LogP contribution in [0.25, 0.3) is 0 Å². The first-order valence-corrected chi connectivity index (χ1v) is 7.38. The van der Waals surface area contributed by atoms with Crippen LogP contribution in [0.5, 0.6) is 11.5 Å². The van der Waals surface area contributed by atoms with Gasteiger partial charge in [0.25, 0.3) is 5.91 Å². The first kappa shape index (κ1) is 16.0. The quantitative estimate of drug-likeness (QED) is 0.825. The second-order valence-corrected chi connectivity index (χ2v) is 4.98. The summed E-state index contributed by atoms with van der Waals surface area (Å²) in [5.74, 6) is 1.25. The Morgan fingerprint density at radius 1 is 1.23 bits per heavy atom. The molecular weight excluding hydrogens is 278 g/mol. The number of carbonyl (C=O) groups excluding carboxylic acids is 1. The Balaban J connectivity index is 1.89. The van der Waals surface area contributed by atoms with Gasteiger partial charge < -0.3 is 15.4 Å². The summed E-state index contributed by atoms with van der Waals surface area (Å²) in [6.07, 6.45) is 3.33. The predicted molar refractivity (Wildman–Crippen MR) is 86.2 cm³/mol. The predicted octanol–water partition coefficient (Wildman–Crippen LogP) is 2.60. The number of hydrogen-bond acceptors (Lipinski definition) is 4. The summed E-state index contributed by atoms with van der Waals surface area (Å²) in [6.45, 7) is 5.56. The van der Waals surface area contributed by atoms with Crippen molar-refractivity contribution < 1.29 is 9.53 Å². The molecule has 0 bridgehead atoms. The fraction of sp³-hybridized carbons (Fsp3) is 0.294. The summed E-state index contributed by atoms with van der Waals surface area (Å²) >= 11 is 0. The highest BCUT2D eigenvalue weighted by Crippen LogP contribution is 2.20. The lowest BCUT2D eigenvalue weighted by Crippen LogP contribution is -2.38. The number of nitrogens with zero attached hydrogens (tertiary/aromatic N) is 1. The first-order valence-electron chi connectivity index (χ1n) is 7.38. The fourth-order valence-electron chi connectivity index (χ4n) is 1.99. The molecule has 0 saturated carbocycles. The molecule has 0 aliphatic rings. The Hall–Kier alpha value is -2.40. The number of likely N-dealkylation sites (N-methyl/N-ethyl adjacent to an activating group) is 1.